The Labute approximate surface area is 138 Å². The molecule has 1 fully saturated rings. The first-order valence-corrected chi connectivity index (χ1v) is 9.37. The molecule has 0 saturated carbocycles. The molecule has 0 unspecified atom stereocenters. The van der Waals surface area contributed by atoms with Crippen molar-refractivity contribution in [1.29, 1.82) is 0 Å². The van der Waals surface area contributed by atoms with E-state index in [1.165, 1.54) is 4.31 Å². The minimum absolute atomic E-state index is 0.00704. The van der Waals surface area contributed by atoms with Crippen LogP contribution < -0.4 is 10.0 Å². The summed E-state index contributed by atoms with van der Waals surface area (Å²) in [6.07, 6.45) is 1.24. The molecule has 0 aromatic heterocycles. The fourth-order valence-corrected chi connectivity index (χ4v) is 4.14. The van der Waals surface area contributed by atoms with Crippen LogP contribution in [0.1, 0.15) is 42.6 Å². The molecule has 1 aliphatic rings. The van der Waals surface area contributed by atoms with Crippen molar-refractivity contribution in [1.82, 2.24) is 14.3 Å². The molecule has 0 radical (unpaired) electrons. The van der Waals surface area contributed by atoms with Gasteiger partial charge >= 0.3 is 0 Å². The van der Waals surface area contributed by atoms with Crippen LogP contribution in [0.15, 0.2) is 24.3 Å². The molecular weight excluding hydrogens is 314 g/mol. The number of nitrogens with zero attached hydrogens (tertiary/aromatic N) is 1. The average molecular weight is 339 g/mol. The van der Waals surface area contributed by atoms with E-state index in [4.69, 9.17) is 0 Å². The Morgan fingerprint density at radius 2 is 1.83 bits per heavy atom. The van der Waals surface area contributed by atoms with Crippen LogP contribution in [0, 0.1) is 6.92 Å². The molecule has 1 aromatic carbocycles. The van der Waals surface area contributed by atoms with Crippen LogP contribution in [0.2, 0.25) is 0 Å². The Morgan fingerprint density at radius 1 is 1.22 bits per heavy atom. The Balaban J connectivity index is 1.90. The summed E-state index contributed by atoms with van der Waals surface area (Å²) in [5, 5.41) is 3.01. The number of piperidine rings is 1. The zero-order valence-electron chi connectivity index (χ0n) is 13.9. The minimum atomic E-state index is -3.42. The van der Waals surface area contributed by atoms with Crippen LogP contribution in [-0.4, -0.2) is 43.8 Å². The SMILES string of the molecule is Cc1ccccc1C(=O)NC1CCN(S(=O)(=O)NC(C)C)CC1. The maximum Gasteiger partial charge on any atom is 0.279 e. The van der Waals surface area contributed by atoms with Gasteiger partial charge in [-0.15, -0.1) is 0 Å². The van der Waals surface area contributed by atoms with Crippen molar-refractivity contribution in [3.63, 3.8) is 0 Å². The van der Waals surface area contributed by atoms with E-state index in [1.807, 2.05) is 25.1 Å². The van der Waals surface area contributed by atoms with Crippen LogP contribution in [0.4, 0.5) is 0 Å². The van der Waals surface area contributed by atoms with Crippen LogP contribution >= 0.6 is 0 Å². The molecule has 1 amide bonds. The molecule has 23 heavy (non-hydrogen) atoms. The van der Waals surface area contributed by atoms with Gasteiger partial charge in [0.15, 0.2) is 0 Å². The first-order chi connectivity index (χ1) is 10.8. The number of nitrogens with one attached hydrogen (secondary N) is 2. The molecule has 0 aliphatic carbocycles. The molecule has 128 valence electrons. The zero-order chi connectivity index (χ0) is 17.0. The molecule has 0 bridgehead atoms. The van der Waals surface area contributed by atoms with Gasteiger partial charge in [-0.05, 0) is 45.2 Å². The van der Waals surface area contributed by atoms with Gasteiger partial charge in [-0.1, -0.05) is 18.2 Å². The van der Waals surface area contributed by atoms with Crippen molar-refractivity contribution >= 4 is 16.1 Å². The fraction of sp³-hybridized carbons (Fsp3) is 0.562. The lowest BCUT2D eigenvalue weighted by Gasteiger charge is -2.32. The van der Waals surface area contributed by atoms with E-state index in [1.54, 1.807) is 19.9 Å². The summed E-state index contributed by atoms with van der Waals surface area (Å²) in [5.74, 6) is -0.0929. The topological polar surface area (TPSA) is 78.5 Å². The molecule has 2 rings (SSSR count). The molecule has 0 atom stereocenters. The smallest absolute Gasteiger partial charge is 0.279 e. The summed E-state index contributed by atoms with van der Waals surface area (Å²) in [7, 11) is -3.42. The van der Waals surface area contributed by atoms with Gasteiger partial charge in [0.1, 0.15) is 0 Å². The van der Waals surface area contributed by atoms with Crippen molar-refractivity contribution in [3.8, 4) is 0 Å². The minimum Gasteiger partial charge on any atom is -0.349 e. The van der Waals surface area contributed by atoms with E-state index in [9.17, 15) is 13.2 Å². The standard InChI is InChI=1S/C16H25N3O3S/c1-12(2)18-23(21,22)19-10-8-14(9-11-19)17-16(20)15-7-5-4-6-13(15)3/h4-7,12,14,18H,8-11H2,1-3H3,(H,17,20). The summed E-state index contributed by atoms with van der Waals surface area (Å²) >= 11 is 0. The normalized spacial score (nSPS) is 17.4. The highest BCUT2D eigenvalue weighted by Gasteiger charge is 2.29. The predicted octanol–water partition coefficient (Wildman–Crippen LogP) is 1.43. The zero-order valence-corrected chi connectivity index (χ0v) is 14.7. The Hall–Kier alpha value is -1.44. The largest absolute Gasteiger partial charge is 0.349 e. The van der Waals surface area contributed by atoms with E-state index in [-0.39, 0.29) is 18.0 Å². The lowest BCUT2D eigenvalue weighted by Crippen LogP contribution is -2.50. The number of carbonyl (C=O) groups excluding carboxylic acids is 1. The van der Waals surface area contributed by atoms with Gasteiger partial charge in [0.05, 0.1) is 0 Å². The molecule has 1 aliphatic heterocycles. The number of hydrogen-bond acceptors (Lipinski definition) is 3. The van der Waals surface area contributed by atoms with Gasteiger partial charge in [-0.3, -0.25) is 4.79 Å². The lowest BCUT2D eigenvalue weighted by atomic mass is 10.0. The lowest BCUT2D eigenvalue weighted by molar-refractivity contribution is 0.0923. The highest BCUT2D eigenvalue weighted by Crippen LogP contribution is 2.15. The van der Waals surface area contributed by atoms with E-state index in [0.717, 1.165) is 5.56 Å². The van der Waals surface area contributed by atoms with Gasteiger partial charge in [-0.25, -0.2) is 0 Å². The highest BCUT2D eigenvalue weighted by molar-refractivity contribution is 7.87. The van der Waals surface area contributed by atoms with E-state index in [2.05, 4.69) is 10.0 Å². The summed E-state index contributed by atoms with van der Waals surface area (Å²) in [6, 6.07) is 7.33. The average Bonchev–Trinajstić information content (AvgIpc) is 2.47. The molecular formula is C16H25N3O3S. The van der Waals surface area contributed by atoms with Crippen LogP contribution in [0.3, 0.4) is 0 Å². The van der Waals surface area contributed by atoms with Crippen molar-refractivity contribution in [2.24, 2.45) is 0 Å². The molecule has 1 saturated heterocycles. The number of aryl methyl sites for hydroxylation is 1. The van der Waals surface area contributed by atoms with Crippen LogP contribution in [0.25, 0.3) is 0 Å². The second-order valence-electron chi connectivity index (χ2n) is 6.24. The van der Waals surface area contributed by atoms with Gasteiger partial charge in [-0.2, -0.15) is 17.4 Å². The molecule has 1 aromatic rings. The number of hydrogen-bond donors (Lipinski definition) is 2. The number of benzene rings is 1. The summed E-state index contributed by atoms with van der Waals surface area (Å²) in [6.45, 7) is 6.34. The second-order valence-corrected chi connectivity index (χ2v) is 7.94. The Morgan fingerprint density at radius 3 is 2.39 bits per heavy atom. The van der Waals surface area contributed by atoms with Gasteiger partial charge in [0.2, 0.25) is 0 Å². The maximum atomic E-state index is 12.3. The quantitative estimate of drug-likeness (QED) is 0.852. The van der Waals surface area contributed by atoms with Crippen molar-refractivity contribution in [2.45, 2.75) is 45.7 Å². The second kappa shape index (κ2) is 7.42. The third kappa shape index (κ3) is 4.76. The molecule has 6 nitrogen and oxygen atoms in total. The molecule has 1 heterocycles. The van der Waals surface area contributed by atoms with Crippen molar-refractivity contribution < 1.29 is 13.2 Å². The van der Waals surface area contributed by atoms with Gasteiger partial charge in [0.25, 0.3) is 16.1 Å². The highest BCUT2D eigenvalue weighted by atomic mass is 32.2. The number of carbonyl (C=O) groups is 1. The van der Waals surface area contributed by atoms with Crippen LogP contribution in [0.5, 0.6) is 0 Å². The van der Waals surface area contributed by atoms with E-state index < -0.39 is 10.2 Å². The van der Waals surface area contributed by atoms with Crippen molar-refractivity contribution in [3.05, 3.63) is 35.4 Å². The first kappa shape index (κ1) is 17.9. The molecule has 7 heteroatoms. The Bertz CT molecular complexity index is 650. The number of rotatable bonds is 5. The third-order valence-corrected chi connectivity index (χ3v) is 5.72. The number of amides is 1. The molecule has 0 spiro atoms. The van der Waals surface area contributed by atoms with Gasteiger partial charge < -0.3 is 5.32 Å². The molecule has 2 N–H and O–H groups in total. The van der Waals surface area contributed by atoms with Gasteiger partial charge in [0, 0.05) is 30.7 Å². The maximum absolute atomic E-state index is 12.3. The Kier molecular flexibility index (Phi) is 5.78. The summed E-state index contributed by atoms with van der Waals surface area (Å²) < 4.78 is 28.3. The van der Waals surface area contributed by atoms with Crippen molar-refractivity contribution in [2.75, 3.05) is 13.1 Å². The fourth-order valence-electron chi connectivity index (χ4n) is 2.70. The van der Waals surface area contributed by atoms with E-state index in [0.29, 0.717) is 31.5 Å². The monoisotopic (exact) mass is 339 g/mol. The summed E-state index contributed by atoms with van der Waals surface area (Å²) in [5.41, 5.74) is 1.61. The summed E-state index contributed by atoms with van der Waals surface area (Å²) in [4.78, 5) is 12.3. The van der Waals surface area contributed by atoms with Crippen LogP contribution in [-0.2, 0) is 10.2 Å². The first-order valence-electron chi connectivity index (χ1n) is 7.93. The predicted molar refractivity (Wildman–Crippen MR) is 90.4 cm³/mol. The van der Waals surface area contributed by atoms with E-state index >= 15 is 0 Å². The third-order valence-electron chi connectivity index (χ3n) is 3.90.